The van der Waals surface area contributed by atoms with Gasteiger partial charge in [0.05, 0.1) is 19.1 Å². The second-order valence-corrected chi connectivity index (χ2v) is 6.97. The molecule has 3 heterocycles. The van der Waals surface area contributed by atoms with E-state index < -0.39 is 17.1 Å². The van der Waals surface area contributed by atoms with Crippen LogP contribution < -0.4 is 10.9 Å². The number of nitrogens with one attached hydrogen (secondary N) is 1. The Morgan fingerprint density at radius 1 is 1.19 bits per heavy atom. The van der Waals surface area contributed by atoms with Gasteiger partial charge in [0, 0.05) is 15.8 Å². The summed E-state index contributed by atoms with van der Waals surface area (Å²) in [5.74, 6) is -0.618. The summed E-state index contributed by atoms with van der Waals surface area (Å²) in [4.78, 5) is 25.4. The van der Waals surface area contributed by atoms with Gasteiger partial charge in [0.15, 0.2) is 0 Å². The molecule has 27 heavy (non-hydrogen) atoms. The number of thiophene rings is 1. The molecule has 3 aromatic heterocycles. The normalized spacial score (nSPS) is 13.4. The Kier molecular flexibility index (Phi) is 4.39. The molecule has 1 amide bonds. The van der Waals surface area contributed by atoms with Crippen LogP contribution in [0.15, 0.2) is 80.1 Å². The highest BCUT2D eigenvalue weighted by molar-refractivity contribution is 7.10. The fourth-order valence-electron chi connectivity index (χ4n) is 2.87. The number of benzene rings is 1. The van der Waals surface area contributed by atoms with Crippen LogP contribution in [0.3, 0.4) is 0 Å². The number of amides is 1. The Morgan fingerprint density at radius 2 is 2.04 bits per heavy atom. The second-order valence-electron chi connectivity index (χ2n) is 6.02. The summed E-state index contributed by atoms with van der Waals surface area (Å²) < 4.78 is 10.3. The summed E-state index contributed by atoms with van der Waals surface area (Å²) in [5.41, 5.74) is -1.39. The van der Waals surface area contributed by atoms with Crippen LogP contribution in [0.2, 0.25) is 0 Å². The van der Waals surface area contributed by atoms with E-state index in [1.54, 1.807) is 36.4 Å². The molecule has 0 fully saturated rings. The van der Waals surface area contributed by atoms with Gasteiger partial charge in [-0.3, -0.25) is 4.79 Å². The number of aliphatic hydroxyl groups is 1. The van der Waals surface area contributed by atoms with E-state index in [2.05, 4.69) is 5.32 Å². The lowest BCUT2D eigenvalue weighted by Crippen LogP contribution is -2.42. The van der Waals surface area contributed by atoms with Crippen LogP contribution in [-0.4, -0.2) is 17.6 Å². The van der Waals surface area contributed by atoms with E-state index in [-0.39, 0.29) is 12.1 Å². The van der Waals surface area contributed by atoms with Crippen molar-refractivity contribution in [2.75, 3.05) is 6.54 Å². The maximum absolute atomic E-state index is 12.6. The van der Waals surface area contributed by atoms with Crippen molar-refractivity contribution in [1.29, 1.82) is 0 Å². The Hall–Kier alpha value is -3.16. The molecular formula is C20H15NO5S. The molecule has 1 aromatic carbocycles. The molecular weight excluding hydrogens is 366 g/mol. The van der Waals surface area contributed by atoms with Crippen LogP contribution in [0, 0.1) is 0 Å². The average Bonchev–Trinajstić information content (AvgIpc) is 3.39. The third-order valence-electron chi connectivity index (χ3n) is 4.32. The highest BCUT2D eigenvalue weighted by Gasteiger charge is 2.34. The van der Waals surface area contributed by atoms with E-state index in [9.17, 15) is 14.7 Å². The lowest BCUT2D eigenvalue weighted by atomic mass is 9.94. The summed E-state index contributed by atoms with van der Waals surface area (Å²) in [6.45, 7) is -0.127. The lowest BCUT2D eigenvalue weighted by Gasteiger charge is -2.26. The number of para-hydroxylation sites is 1. The largest absolute Gasteiger partial charge is 0.472 e. The van der Waals surface area contributed by atoms with Crippen molar-refractivity contribution in [3.63, 3.8) is 0 Å². The van der Waals surface area contributed by atoms with Crippen molar-refractivity contribution in [3.8, 4) is 0 Å². The van der Waals surface area contributed by atoms with Crippen molar-refractivity contribution >= 4 is 28.2 Å². The van der Waals surface area contributed by atoms with Gasteiger partial charge in [0.2, 0.25) is 0 Å². The highest BCUT2D eigenvalue weighted by Crippen LogP contribution is 2.32. The fourth-order valence-corrected chi connectivity index (χ4v) is 3.71. The summed E-state index contributed by atoms with van der Waals surface area (Å²) in [6.07, 6.45) is 2.88. The van der Waals surface area contributed by atoms with E-state index >= 15 is 0 Å². The predicted molar refractivity (Wildman–Crippen MR) is 101 cm³/mol. The zero-order chi connectivity index (χ0) is 18.9. The summed E-state index contributed by atoms with van der Waals surface area (Å²) in [7, 11) is 0. The minimum absolute atomic E-state index is 0.116. The van der Waals surface area contributed by atoms with E-state index in [0.29, 0.717) is 21.4 Å². The summed E-state index contributed by atoms with van der Waals surface area (Å²) in [5, 5.41) is 16.3. The molecule has 0 aliphatic heterocycles. The van der Waals surface area contributed by atoms with Crippen molar-refractivity contribution in [1.82, 2.24) is 5.32 Å². The number of carbonyl (C=O) groups excluding carboxylic acids is 1. The molecule has 1 unspecified atom stereocenters. The van der Waals surface area contributed by atoms with Crippen molar-refractivity contribution in [2.24, 2.45) is 0 Å². The maximum Gasteiger partial charge on any atom is 0.349 e. The maximum atomic E-state index is 12.6. The van der Waals surface area contributed by atoms with E-state index in [1.807, 2.05) is 11.4 Å². The molecule has 0 spiro atoms. The molecule has 0 saturated heterocycles. The van der Waals surface area contributed by atoms with Gasteiger partial charge in [-0.2, -0.15) is 0 Å². The highest BCUT2D eigenvalue weighted by atomic mass is 32.1. The Balaban J connectivity index is 1.63. The molecule has 6 nitrogen and oxygen atoms in total. The lowest BCUT2D eigenvalue weighted by molar-refractivity contribution is 0.0712. The molecule has 0 aliphatic carbocycles. The first-order valence-electron chi connectivity index (χ1n) is 8.18. The van der Waals surface area contributed by atoms with Crippen LogP contribution >= 0.6 is 11.3 Å². The Bertz CT molecular complexity index is 1090. The van der Waals surface area contributed by atoms with Gasteiger partial charge in [-0.15, -0.1) is 11.3 Å². The fraction of sp³-hybridized carbons (Fsp3) is 0.100. The molecule has 4 rings (SSSR count). The zero-order valence-corrected chi connectivity index (χ0v) is 14.9. The number of hydrogen-bond acceptors (Lipinski definition) is 6. The third-order valence-corrected chi connectivity index (χ3v) is 5.34. The van der Waals surface area contributed by atoms with Gasteiger partial charge in [-0.25, -0.2) is 4.79 Å². The van der Waals surface area contributed by atoms with Gasteiger partial charge in [-0.1, -0.05) is 24.3 Å². The SMILES string of the molecule is O=C(NCC(O)(c1ccoc1)c1cccs1)c1cc2ccccc2oc1=O. The molecule has 0 bridgehead atoms. The third kappa shape index (κ3) is 3.18. The smallest absolute Gasteiger partial charge is 0.349 e. The molecule has 4 aromatic rings. The van der Waals surface area contributed by atoms with Gasteiger partial charge in [0.25, 0.3) is 5.91 Å². The minimum atomic E-state index is -1.46. The van der Waals surface area contributed by atoms with Crippen molar-refractivity contribution < 1.29 is 18.7 Å². The predicted octanol–water partition coefficient (Wildman–Crippen LogP) is 3.11. The summed E-state index contributed by atoms with van der Waals surface area (Å²) >= 11 is 1.36. The van der Waals surface area contributed by atoms with Gasteiger partial charge >= 0.3 is 5.63 Å². The molecule has 2 N–H and O–H groups in total. The Morgan fingerprint density at radius 3 is 2.78 bits per heavy atom. The first-order chi connectivity index (χ1) is 13.1. The van der Waals surface area contributed by atoms with Gasteiger partial charge in [0.1, 0.15) is 16.7 Å². The molecule has 0 radical (unpaired) electrons. The quantitative estimate of drug-likeness (QED) is 0.518. The topological polar surface area (TPSA) is 92.7 Å². The van der Waals surface area contributed by atoms with Crippen LogP contribution in [0.1, 0.15) is 20.8 Å². The number of furan rings is 1. The first-order valence-corrected chi connectivity index (χ1v) is 9.06. The molecule has 0 aliphatic rings. The van der Waals surface area contributed by atoms with Gasteiger partial charge in [-0.05, 0) is 29.6 Å². The minimum Gasteiger partial charge on any atom is -0.472 e. The number of rotatable bonds is 5. The van der Waals surface area contributed by atoms with Crippen LogP contribution in [0.25, 0.3) is 11.0 Å². The number of fused-ring (bicyclic) bond motifs is 1. The van der Waals surface area contributed by atoms with Crippen LogP contribution in [-0.2, 0) is 5.60 Å². The van der Waals surface area contributed by atoms with Crippen molar-refractivity contribution in [2.45, 2.75) is 5.60 Å². The standard InChI is InChI=1S/C20H15NO5S/c22-18(15-10-13-4-1-2-5-16(13)26-19(15)23)21-12-20(24,14-7-8-25-11-14)17-6-3-9-27-17/h1-11,24H,12H2,(H,21,22). The van der Waals surface area contributed by atoms with Gasteiger partial charge < -0.3 is 19.3 Å². The molecule has 7 heteroatoms. The van der Waals surface area contributed by atoms with E-state index in [0.717, 1.165) is 0 Å². The van der Waals surface area contributed by atoms with E-state index in [1.165, 1.54) is 29.9 Å². The zero-order valence-electron chi connectivity index (χ0n) is 14.0. The van der Waals surface area contributed by atoms with Crippen LogP contribution in [0.4, 0.5) is 0 Å². The second kappa shape index (κ2) is 6.86. The number of carbonyl (C=O) groups is 1. The molecule has 136 valence electrons. The number of hydrogen-bond donors (Lipinski definition) is 2. The van der Waals surface area contributed by atoms with Crippen LogP contribution in [0.5, 0.6) is 0 Å². The van der Waals surface area contributed by atoms with Crippen molar-refractivity contribution in [3.05, 3.63) is 92.9 Å². The summed E-state index contributed by atoms with van der Waals surface area (Å²) in [6, 6.07) is 13.7. The molecule has 0 saturated carbocycles. The average molecular weight is 381 g/mol. The monoisotopic (exact) mass is 381 g/mol. The molecule has 1 atom stereocenters. The Labute approximate surface area is 157 Å². The van der Waals surface area contributed by atoms with E-state index in [4.69, 9.17) is 8.83 Å². The first kappa shape index (κ1) is 17.3.